The molecule has 0 aliphatic heterocycles. The molecule has 1 rings (SSSR count). The van der Waals surface area contributed by atoms with Crippen molar-refractivity contribution in [1.82, 2.24) is 5.43 Å². The zero-order valence-corrected chi connectivity index (χ0v) is 8.84. The van der Waals surface area contributed by atoms with E-state index in [-0.39, 0.29) is 6.61 Å². The maximum Gasteiger partial charge on any atom is 0.185 e. The van der Waals surface area contributed by atoms with E-state index in [0.29, 0.717) is 5.11 Å². The Morgan fingerprint density at radius 2 is 1.93 bits per heavy atom. The van der Waals surface area contributed by atoms with E-state index < -0.39 is 0 Å². The van der Waals surface area contributed by atoms with E-state index in [9.17, 15) is 0 Å². The van der Waals surface area contributed by atoms with Crippen LogP contribution in [-0.4, -0.2) is 16.8 Å². The Hall–Kier alpha value is -1.17. The largest absolute Gasteiger partial charge is 0.397 e. The molecule has 0 unspecified atom stereocenters. The molecule has 0 spiro atoms. The molecule has 0 atom stereocenters. The van der Waals surface area contributed by atoms with Gasteiger partial charge in [-0.3, -0.25) is 0 Å². The summed E-state index contributed by atoms with van der Waals surface area (Å²) >= 11 is 4.79. The van der Waals surface area contributed by atoms with E-state index in [2.05, 4.69) is 10.7 Å². The van der Waals surface area contributed by atoms with Gasteiger partial charge in [-0.25, -0.2) is 5.84 Å². The Bertz CT molecular complexity index is 253. The van der Waals surface area contributed by atoms with Crippen molar-refractivity contribution < 1.29 is 5.11 Å². The average molecular weight is 213 g/mol. The van der Waals surface area contributed by atoms with Crippen molar-refractivity contribution in [2.75, 3.05) is 11.9 Å². The molecule has 1 aromatic carbocycles. The number of hydrazine groups is 1. The van der Waals surface area contributed by atoms with Gasteiger partial charge in [0.1, 0.15) is 0 Å². The highest BCUT2D eigenvalue weighted by Crippen LogP contribution is 2.03. The molecule has 0 aliphatic carbocycles. The van der Waals surface area contributed by atoms with Crippen LogP contribution >= 0.6 is 12.2 Å². The molecule has 0 heterocycles. The number of nitrogens with two attached hydrogens (primary N) is 1. The van der Waals surface area contributed by atoms with Crippen LogP contribution in [0.5, 0.6) is 0 Å². The summed E-state index contributed by atoms with van der Waals surface area (Å²) in [4.78, 5) is 0. The lowest BCUT2D eigenvalue weighted by molar-refractivity contribution is 0.318. The van der Waals surface area contributed by atoms with Crippen molar-refractivity contribution in [2.45, 2.75) is 6.92 Å². The molecule has 0 saturated heterocycles. The van der Waals surface area contributed by atoms with Crippen LogP contribution in [0.25, 0.3) is 0 Å². The van der Waals surface area contributed by atoms with Crippen LogP contribution in [0.4, 0.5) is 5.69 Å². The Labute approximate surface area is 89.1 Å². The van der Waals surface area contributed by atoms with Gasteiger partial charge in [0, 0.05) is 12.3 Å². The molecule has 14 heavy (non-hydrogen) atoms. The molecule has 0 amide bonds. The van der Waals surface area contributed by atoms with Crippen LogP contribution in [0.3, 0.4) is 0 Å². The Balaban J connectivity index is 0.000000500. The van der Waals surface area contributed by atoms with Gasteiger partial charge in [0.25, 0.3) is 0 Å². The van der Waals surface area contributed by atoms with E-state index in [1.807, 2.05) is 30.3 Å². The minimum atomic E-state index is 0.250. The Morgan fingerprint density at radius 1 is 1.43 bits per heavy atom. The first-order valence-corrected chi connectivity index (χ1v) is 4.59. The number of anilines is 1. The second kappa shape index (κ2) is 8.43. The summed E-state index contributed by atoms with van der Waals surface area (Å²) in [5.41, 5.74) is 3.26. The van der Waals surface area contributed by atoms with E-state index in [1.165, 1.54) is 0 Å². The number of nitrogens with one attached hydrogen (secondary N) is 2. The van der Waals surface area contributed by atoms with Crippen molar-refractivity contribution in [3.63, 3.8) is 0 Å². The number of hydrogen-bond acceptors (Lipinski definition) is 3. The van der Waals surface area contributed by atoms with Crippen LogP contribution in [0, 0.1) is 0 Å². The van der Waals surface area contributed by atoms with Gasteiger partial charge >= 0.3 is 0 Å². The summed E-state index contributed by atoms with van der Waals surface area (Å²) in [6.45, 7) is 1.93. The number of hydrogen-bond donors (Lipinski definition) is 4. The molecule has 4 nitrogen and oxygen atoms in total. The van der Waals surface area contributed by atoms with Gasteiger partial charge in [-0.1, -0.05) is 18.2 Å². The van der Waals surface area contributed by atoms with Crippen LogP contribution in [0.1, 0.15) is 6.92 Å². The van der Waals surface area contributed by atoms with Crippen LogP contribution in [0.2, 0.25) is 0 Å². The van der Waals surface area contributed by atoms with Crippen molar-refractivity contribution >= 4 is 23.0 Å². The highest BCUT2D eigenvalue weighted by atomic mass is 32.1. The Morgan fingerprint density at radius 3 is 2.36 bits per heavy atom. The monoisotopic (exact) mass is 213 g/mol. The van der Waals surface area contributed by atoms with E-state index >= 15 is 0 Å². The third-order valence-corrected chi connectivity index (χ3v) is 1.38. The van der Waals surface area contributed by atoms with Gasteiger partial charge in [0.05, 0.1) is 0 Å². The molecule has 0 saturated carbocycles. The highest BCUT2D eigenvalue weighted by molar-refractivity contribution is 7.80. The number of para-hydroxylation sites is 1. The van der Waals surface area contributed by atoms with Gasteiger partial charge in [-0.2, -0.15) is 0 Å². The summed E-state index contributed by atoms with van der Waals surface area (Å²) in [5, 5.41) is 10.9. The SMILES string of the molecule is CCO.NNC(=S)Nc1ccccc1. The molecule has 0 aliphatic rings. The van der Waals surface area contributed by atoms with Crippen LogP contribution < -0.4 is 16.6 Å². The Kier molecular flexibility index (Phi) is 7.72. The first-order valence-electron chi connectivity index (χ1n) is 4.18. The minimum Gasteiger partial charge on any atom is -0.397 e. The van der Waals surface area contributed by atoms with Gasteiger partial charge in [-0.05, 0) is 31.3 Å². The maximum absolute atomic E-state index is 7.57. The number of aliphatic hydroxyl groups is 1. The van der Waals surface area contributed by atoms with Crippen LogP contribution in [-0.2, 0) is 0 Å². The molecule has 5 heteroatoms. The molecule has 1 aromatic rings. The topological polar surface area (TPSA) is 70.3 Å². The lowest BCUT2D eigenvalue weighted by Gasteiger charge is -2.04. The third-order valence-electron chi connectivity index (χ3n) is 1.16. The summed E-state index contributed by atoms with van der Waals surface area (Å²) in [5.74, 6) is 5.07. The quantitative estimate of drug-likeness (QED) is 0.316. The lowest BCUT2D eigenvalue weighted by atomic mass is 10.3. The van der Waals surface area contributed by atoms with Crippen LogP contribution in [0.15, 0.2) is 30.3 Å². The maximum atomic E-state index is 7.57. The van der Waals surface area contributed by atoms with E-state index in [0.717, 1.165) is 5.69 Å². The van der Waals surface area contributed by atoms with Crippen molar-refractivity contribution in [3.05, 3.63) is 30.3 Å². The van der Waals surface area contributed by atoms with Gasteiger partial charge in [0.15, 0.2) is 5.11 Å². The molecular weight excluding hydrogens is 198 g/mol. The molecular formula is C9H15N3OS. The molecule has 0 bridgehead atoms. The van der Waals surface area contributed by atoms with Crippen molar-refractivity contribution in [3.8, 4) is 0 Å². The highest BCUT2D eigenvalue weighted by Gasteiger charge is 1.90. The number of rotatable bonds is 1. The zero-order chi connectivity index (χ0) is 10.8. The fourth-order valence-corrected chi connectivity index (χ4v) is 0.807. The standard InChI is InChI=1S/C7H9N3S.C2H6O/c8-10-7(11)9-6-4-2-1-3-5-6;1-2-3/h1-5H,8H2,(H2,9,10,11);3H,2H2,1H3. The molecule has 5 N–H and O–H groups in total. The molecule has 78 valence electrons. The normalized spacial score (nSPS) is 8.21. The predicted octanol–water partition coefficient (Wildman–Crippen LogP) is 0.845. The summed E-state index contributed by atoms with van der Waals surface area (Å²) in [6, 6.07) is 9.58. The van der Waals surface area contributed by atoms with Crippen molar-refractivity contribution in [1.29, 1.82) is 0 Å². The predicted molar refractivity (Wildman–Crippen MR) is 62.7 cm³/mol. The fraction of sp³-hybridized carbons (Fsp3) is 0.222. The summed E-state index contributed by atoms with van der Waals surface area (Å²) < 4.78 is 0. The van der Waals surface area contributed by atoms with Gasteiger partial charge < -0.3 is 15.8 Å². The number of thiocarbonyl (C=S) groups is 1. The molecule has 0 fully saturated rings. The summed E-state index contributed by atoms with van der Waals surface area (Å²) in [6.07, 6.45) is 0. The average Bonchev–Trinajstić information content (AvgIpc) is 2.20. The fourth-order valence-electron chi connectivity index (χ4n) is 0.689. The first-order chi connectivity index (χ1) is 6.74. The van der Waals surface area contributed by atoms with E-state index in [4.69, 9.17) is 23.2 Å². The first kappa shape index (κ1) is 12.8. The number of aliphatic hydroxyl groups excluding tert-OH is 1. The lowest BCUT2D eigenvalue weighted by Crippen LogP contribution is -2.34. The van der Waals surface area contributed by atoms with Gasteiger partial charge in [0.2, 0.25) is 0 Å². The molecule has 0 aromatic heterocycles. The van der Waals surface area contributed by atoms with E-state index in [1.54, 1.807) is 6.92 Å². The number of benzene rings is 1. The minimum absolute atomic E-state index is 0.250. The smallest absolute Gasteiger partial charge is 0.185 e. The third kappa shape index (κ3) is 6.36. The van der Waals surface area contributed by atoms with Crippen molar-refractivity contribution in [2.24, 2.45) is 5.84 Å². The zero-order valence-electron chi connectivity index (χ0n) is 8.03. The second-order valence-electron chi connectivity index (χ2n) is 2.28. The van der Waals surface area contributed by atoms with Gasteiger partial charge in [-0.15, -0.1) is 0 Å². The second-order valence-corrected chi connectivity index (χ2v) is 2.69. The summed E-state index contributed by atoms with van der Waals surface area (Å²) in [7, 11) is 0. The molecule has 0 radical (unpaired) electrons.